The summed E-state index contributed by atoms with van der Waals surface area (Å²) in [5, 5.41) is 9.22. The summed E-state index contributed by atoms with van der Waals surface area (Å²) in [5.74, 6) is 0.451. The molecule has 122 valence electrons. The topological polar surface area (TPSA) is 49.8 Å². The summed E-state index contributed by atoms with van der Waals surface area (Å²) in [6.07, 6.45) is 1.76. The quantitative estimate of drug-likeness (QED) is 0.874. The van der Waals surface area contributed by atoms with Crippen LogP contribution < -0.4 is 4.74 Å². The number of rotatable bonds is 6. The Morgan fingerprint density at radius 3 is 2.86 bits per heavy atom. The molecular weight excluding hydrogens is 278 g/mol. The fraction of sp³-hybridized carbons (Fsp3) is 0.611. The Kier molecular flexibility index (Phi) is 5.83. The fourth-order valence-electron chi connectivity index (χ4n) is 3.15. The first-order valence-corrected chi connectivity index (χ1v) is 8.22. The Labute approximate surface area is 133 Å². The first-order chi connectivity index (χ1) is 10.5. The van der Waals surface area contributed by atoms with Gasteiger partial charge in [-0.05, 0) is 55.5 Å². The highest BCUT2D eigenvalue weighted by Gasteiger charge is 2.25. The molecule has 0 bridgehead atoms. The molecule has 1 N–H and O–H groups in total. The second kappa shape index (κ2) is 7.63. The average Bonchev–Trinajstić information content (AvgIpc) is 2.49. The third-order valence-corrected chi connectivity index (χ3v) is 4.30. The van der Waals surface area contributed by atoms with Crippen LogP contribution in [0, 0.1) is 5.92 Å². The van der Waals surface area contributed by atoms with E-state index < -0.39 is 5.97 Å². The summed E-state index contributed by atoms with van der Waals surface area (Å²) >= 11 is 0. The van der Waals surface area contributed by atoms with Gasteiger partial charge in [0.25, 0.3) is 0 Å². The van der Waals surface area contributed by atoms with Gasteiger partial charge in [0, 0.05) is 13.1 Å². The summed E-state index contributed by atoms with van der Waals surface area (Å²) in [7, 11) is 0. The number of likely N-dealkylation sites (tertiary alicyclic amines) is 1. The molecule has 4 nitrogen and oxygen atoms in total. The van der Waals surface area contributed by atoms with Gasteiger partial charge in [0.05, 0.1) is 12.5 Å². The molecule has 22 heavy (non-hydrogen) atoms. The van der Waals surface area contributed by atoms with Crippen LogP contribution >= 0.6 is 0 Å². The Hall–Kier alpha value is -1.55. The minimum atomic E-state index is -0.666. The minimum Gasteiger partial charge on any atom is -0.494 e. The average molecular weight is 305 g/mol. The smallest absolute Gasteiger partial charge is 0.307 e. The molecule has 0 amide bonds. The molecule has 0 spiro atoms. The Balaban J connectivity index is 2.12. The third-order valence-electron chi connectivity index (χ3n) is 4.30. The van der Waals surface area contributed by atoms with E-state index in [9.17, 15) is 9.90 Å². The molecule has 1 aliphatic heterocycles. The number of carboxylic acid groups (broad SMARTS) is 1. The zero-order valence-corrected chi connectivity index (χ0v) is 13.8. The largest absolute Gasteiger partial charge is 0.494 e. The second-order valence-electron chi connectivity index (χ2n) is 6.36. The molecular formula is C18H27NO3. The first-order valence-electron chi connectivity index (χ1n) is 8.22. The van der Waals surface area contributed by atoms with Crippen molar-refractivity contribution in [2.24, 2.45) is 5.92 Å². The van der Waals surface area contributed by atoms with E-state index in [1.54, 1.807) is 0 Å². The number of benzene rings is 1. The zero-order chi connectivity index (χ0) is 16.1. The monoisotopic (exact) mass is 305 g/mol. The molecule has 1 aliphatic rings. The van der Waals surface area contributed by atoms with E-state index in [4.69, 9.17) is 4.74 Å². The number of ether oxygens (including phenoxy) is 1. The van der Waals surface area contributed by atoms with Gasteiger partial charge in [0.1, 0.15) is 5.75 Å². The zero-order valence-electron chi connectivity index (χ0n) is 13.8. The molecule has 1 atom stereocenters. The summed E-state index contributed by atoms with van der Waals surface area (Å²) in [4.78, 5) is 13.5. The van der Waals surface area contributed by atoms with Crippen molar-refractivity contribution in [3.8, 4) is 5.75 Å². The van der Waals surface area contributed by atoms with Crippen molar-refractivity contribution in [2.45, 2.75) is 46.1 Å². The number of aliphatic carboxylic acids is 1. The highest BCUT2D eigenvalue weighted by atomic mass is 16.5. The maximum atomic E-state index is 11.2. The summed E-state index contributed by atoms with van der Waals surface area (Å²) in [5.41, 5.74) is 2.58. The van der Waals surface area contributed by atoms with Crippen molar-refractivity contribution >= 4 is 5.97 Å². The van der Waals surface area contributed by atoms with Crippen molar-refractivity contribution in [1.29, 1.82) is 0 Å². The van der Waals surface area contributed by atoms with E-state index in [1.807, 2.05) is 13.0 Å². The predicted octanol–water partition coefficient (Wildman–Crippen LogP) is 3.51. The minimum absolute atomic E-state index is 0.223. The highest BCUT2D eigenvalue weighted by molar-refractivity contribution is 5.70. The van der Waals surface area contributed by atoms with Crippen molar-refractivity contribution < 1.29 is 14.6 Å². The summed E-state index contributed by atoms with van der Waals surface area (Å²) in [6.45, 7) is 9.49. The lowest BCUT2D eigenvalue weighted by Gasteiger charge is -2.31. The van der Waals surface area contributed by atoms with Gasteiger partial charge in [0.15, 0.2) is 0 Å². The number of hydrogen-bond donors (Lipinski definition) is 1. The number of piperidine rings is 1. The van der Waals surface area contributed by atoms with Crippen LogP contribution in [0.25, 0.3) is 0 Å². The van der Waals surface area contributed by atoms with Crippen molar-refractivity contribution in [2.75, 3.05) is 19.7 Å². The van der Waals surface area contributed by atoms with Crippen LogP contribution in [-0.2, 0) is 11.3 Å². The van der Waals surface area contributed by atoms with Crippen LogP contribution in [0.15, 0.2) is 18.2 Å². The lowest BCUT2D eigenvalue weighted by Crippen LogP contribution is -2.38. The molecule has 1 saturated heterocycles. The maximum Gasteiger partial charge on any atom is 0.307 e. The molecule has 1 unspecified atom stereocenters. The molecule has 1 aromatic rings. The lowest BCUT2D eigenvalue weighted by molar-refractivity contribution is -0.143. The summed E-state index contributed by atoms with van der Waals surface area (Å²) in [6, 6.07) is 6.27. The van der Waals surface area contributed by atoms with Gasteiger partial charge < -0.3 is 9.84 Å². The molecule has 0 saturated carbocycles. The molecule has 0 aromatic heterocycles. The number of carboxylic acids is 1. The Bertz CT molecular complexity index is 513. The van der Waals surface area contributed by atoms with Crippen LogP contribution in [0.5, 0.6) is 5.75 Å². The van der Waals surface area contributed by atoms with Crippen LogP contribution in [0.2, 0.25) is 0 Å². The molecule has 0 radical (unpaired) electrons. The highest BCUT2D eigenvalue weighted by Crippen LogP contribution is 2.27. The van der Waals surface area contributed by atoms with Gasteiger partial charge in [-0.3, -0.25) is 9.69 Å². The van der Waals surface area contributed by atoms with E-state index in [-0.39, 0.29) is 5.92 Å². The van der Waals surface area contributed by atoms with E-state index in [0.717, 1.165) is 31.7 Å². The van der Waals surface area contributed by atoms with E-state index in [1.165, 1.54) is 11.1 Å². The SMILES string of the molecule is CCOc1ccc(CN2CCCC(C(=O)O)C2)c(C(C)C)c1. The van der Waals surface area contributed by atoms with Crippen LogP contribution in [-0.4, -0.2) is 35.7 Å². The van der Waals surface area contributed by atoms with Crippen molar-refractivity contribution in [3.05, 3.63) is 29.3 Å². The number of carbonyl (C=O) groups is 1. The van der Waals surface area contributed by atoms with E-state index in [0.29, 0.717) is 19.1 Å². The van der Waals surface area contributed by atoms with Gasteiger partial charge in [-0.25, -0.2) is 0 Å². The van der Waals surface area contributed by atoms with Gasteiger partial charge >= 0.3 is 5.97 Å². The van der Waals surface area contributed by atoms with Gasteiger partial charge in [0.2, 0.25) is 0 Å². The van der Waals surface area contributed by atoms with Crippen LogP contribution in [0.1, 0.15) is 50.7 Å². The van der Waals surface area contributed by atoms with Crippen molar-refractivity contribution in [1.82, 2.24) is 4.90 Å². The van der Waals surface area contributed by atoms with E-state index in [2.05, 4.69) is 30.9 Å². The molecule has 2 rings (SSSR count). The molecule has 1 heterocycles. The number of nitrogens with zero attached hydrogens (tertiary/aromatic N) is 1. The Morgan fingerprint density at radius 2 is 2.23 bits per heavy atom. The first kappa shape index (κ1) is 16.8. The molecule has 4 heteroatoms. The van der Waals surface area contributed by atoms with Crippen LogP contribution in [0.3, 0.4) is 0 Å². The second-order valence-corrected chi connectivity index (χ2v) is 6.36. The number of hydrogen-bond acceptors (Lipinski definition) is 3. The normalized spacial score (nSPS) is 19.4. The van der Waals surface area contributed by atoms with Gasteiger partial charge in [-0.15, -0.1) is 0 Å². The van der Waals surface area contributed by atoms with Crippen LogP contribution in [0.4, 0.5) is 0 Å². The maximum absolute atomic E-state index is 11.2. The van der Waals surface area contributed by atoms with Gasteiger partial charge in [-0.2, -0.15) is 0 Å². The molecule has 1 aromatic carbocycles. The molecule has 1 fully saturated rings. The summed E-state index contributed by atoms with van der Waals surface area (Å²) < 4.78 is 5.60. The molecule has 0 aliphatic carbocycles. The van der Waals surface area contributed by atoms with E-state index >= 15 is 0 Å². The van der Waals surface area contributed by atoms with Crippen molar-refractivity contribution in [3.63, 3.8) is 0 Å². The predicted molar refractivity (Wildman–Crippen MR) is 87.3 cm³/mol. The lowest BCUT2D eigenvalue weighted by atomic mass is 9.94. The Morgan fingerprint density at radius 1 is 1.45 bits per heavy atom. The third kappa shape index (κ3) is 4.23. The standard InChI is InChI=1S/C18H27NO3/c1-4-22-16-8-7-14(17(10-16)13(2)3)11-19-9-5-6-15(12-19)18(20)21/h7-8,10,13,15H,4-6,9,11-12H2,1-3H3,(H,20,21). The van der Waals surface area contributed by atoms with Gasteiger partial charge in [-0.1, -0.05) is 19.9 Å². The fourth-order valence-corrected chi connectivity index (χ4v) is 3.15.